The molecular formula is C13H14N4O3S. The minimum atomic E-state index is -1.02. The number of aromatic nitrogens is 3. The van der Waals surface area contributed by atoms with Gasteiger partial charge >= 0.3 is 5.97 Å². The molecule has 1 fully saturated rings. The molecule has 0 unspecified atom stereocenters. The summed E-state index contributed by atoms with van der Waals surface area (Å²) in [4.78, 5) is 26.1. The molecule has 8 heteroatoms. The summed E-state index contributed by atoms with van der Waals surface area (Å²) in [5.74, 6) is -1.21. The molecule has 0 bridgehead atoms. The van der Waals surface area contributed by atoms with Crippen LogP contribution in [0.5, 0.6) is 0 Å². The van der Waals surface area contributed by atoms with Crippen molar-refractivity contribution < 1.29 is 14.7 Å². The summed E-state index contributed by atoms with van der Waals surface area (Å²) < 4.78 is 1.16. The third-order valence-electron chi connectivity index (χ3n) is 3.21. The molecule has 0 aromatic carbocycles. The Hall–Kier alpha value is -2.22. The first-order valence-corrected chi connectivity index (χ1v) is 7.47. The van der Waals surface area contributed by atoms with Gasteiger partial charge in [0.2, 0.25) is 0 Å². The summed E-state index contributed by atoms with van der Waals surface area (Å²) in [5, 5.41) is 18.2. The Morgan fingerprint density at radius 1 is 1.48 bits per heavy atom. The highest BCUT2D eigenvalue weighted by Crippen LogP contribution is 2.30. The summed E-state index contributed by atoms with van der Waals surface area (Å²) in [5.41, 5.74) is 0.194. The largest absolute Gasteiger partial charge is 0.480 e. The van der Waals surface area contributed by atoms with E-state index in [-0.39, 0.29) is 24.2 Å². The molecule has 1 amide bonds. The van der Waals surface area contributed by atoms with Crippen molar-refractivity contribution in [2.45, 2.75) is 32.0 Å². The molecule has 2 aromatic rings. The quantitative estimate of drug-likeness (QED) is 0.867. The van der Waals surface area contributed by atoms with E-state index >= 15 is 0 Å². The van der Waals surface area contributed by atoms with Crippen LogP contribution in [-0.2, 0) is 17.9 Å². The summed E-state index contributed by atoms with van der Waals surface area (Å²) in [6.45, 7) is 0.265. The smallest absolute Gasteiger partial charge is 0.325 e. The van der Waals surface area contributed by atoms with Crippen LogP contribution in [0.3, 0.4) is 0 Å². The van der Waals surface area contributed by atoms with Gasteiger partial charge in [-0.25, -0.2) is 4.68 Å². The van der Waals surface area contributed by atoms with Crippen LogP contribution in [-0.4, -0.2) is 42.9 Å². The highest BCUT2D eigenvalue weighted by atomic mass is 32.1. The highest BCUT2D eigenvalue weighted by Gasteiger charge is 2.34. The van der Waals surface area contributed by atoms with Crippen molar-refractivity contribution in [3.8, 4) is 0 Å². The standard InChI is InChI=1S/C13H14N4O3S/c18-12(19)8-16-7-11(14-15-16)13(20)17(9-3-4-9)6-10-2-1-5-21-10/h1-2,5,7,9H,3-4,6,8H2,(H,18,19). The van der Waals surface area contributed by atoms with Gasteiger partial charge in [-0.1, -0.05) is 11.3 Å². The lowest BCUT2D eigenvalue weighted by Crippen LogP contribution is -2.32. The maximum absolute atomic E-state index is 12.5. The zero-order chi connectivity index (χ0) is 14.8. The van der Waals surface area contributed by atoms with E-state index in [1.807, 2.05) is 17.5 Å². The maximum Gasteiger partial charge on any atom is 0.325 e. The minimum Gasteiger partial charge on any atom is -0.480 e. The Labute approximate surface area is 124 Å². The van der Waals surface area contributed by atoms with Crippen molar-refractivity contribution in [3.05, 3.63) is 34.3 Å². The molecule has 7 nitrogen and oxygen atoms in total. The second-order valence-corrected chi connectivity index (χ2v) is 5.97. The van der Waals surface area contributed by atoms with Gasteiger partial charge in [-0.3, -0.25) is 9.59 Å². The van der Waals surface area contributed by atoms with Gasteiger partial charge in [0.15, 0.2) is 5.69 Å². The second-order valence-electron chi connectivity index (χ2n) is 4.94. The third-order valence-corrected chi connectivity index (χ3v) is 4.07. The lowest BCUT2D eigenvalue weighted by atomic mass is 10.3. The van der Waals surface area contributed by atoms with E-state index in [0.29, 0.717) is 6.54 Å². The van der Waals surface area contributed by atoms with E-state index < -0.39 is 5.97 Å². The predicted octanol–water partition coefficient (Wildman–Crippen LogP) is 1.23. The van der Waals surface area contributed by atoms with E-state index in [0.717, 1.165) is 22.4 Å². The number of carboxylic acids is 1. The Bertz CT molecular complexity index is 648. The molecule has 0 saturated heterocycles. The number of nitrogens with zero attached hydrogens (tertiary/aromatic N) is 4. The number of thiophene rings is 1. The first-order valence-electron chi connectivity index (χ1n) is 6.59. The van der Waals surface area contributed by atoms with Gasteiger partial charge in [0.05, 0.1) is 12.7 Å². The molecule has 3 rings (SSSR count). The molecule has 110 valence electrons. The van der Waals surface area contributed by atoms with E-state index in [1.54, 1.807) is 16.2 Å². The summed E-state index contributed by atoms with van der Waals surface area (Å²) >= 11 is 1.61. The van der Waals surface area contributed by atoms with E-state index in [1.165, 1.54) is 6.20 Å². The Kier molecular flexibility index (Phi) is 3.70. The Morgan fingerprint density at radius 2 is 2.29 bits per heavy atom. The summed E-state index contributed by atoms with van der Waals surface area (Å²) in [7, 11) is 0. The number of carboxylic acid groups (broad SMARTS) is 1. The molecule has 0 spiro atoms. The Morgan fingerprint density at radius 3 is 2.90 bits per heavy atom. The number of hydrogen-bond acceptors (Lipinski definition) is 5. The zero-order valence-corrected chi connectivity index (χ0v) is 12.0. The first-order chi connectivity index (χ1) is 10.1. The molecular weight excluding hydrogens is 292 g/mol. The number of hydrogen-bond donors (Lipinski definition) is 1. The van der Waals surface area contributed by atoms with Gasteiger partial charge in [-0.15, -0.1) is 16.4 Å². The lowest BCUT2D eigenvalue weighted by Gasteiger charge is -2.20. The van der Waals surface area contributed by atoms with Crippen LogP contribution in [0.25, 0.3) is 0 Å². The molecule has 1 saturated carbocycles. The van der Waals surface area contributed by atoms with Crippen LogP contribution >= 0.6 is 11.3 Å². The fourth-order valence-corrected chi connectivity index (χ4v) is 2.79. The lowest BCUT2D eigenvalue weighted by molar-refractivity contribution is -0.137. The first kappa shape index (κ1) is 13.7. The number of carbonyl (C=O) groups is 2. The molecule has 0 radical (unpaired) electrons. The van der Waals surface area contributed by atoms with Gasteiger partial charge in [0.25, 0.3) is 5.91 Å². The van der Waals surface area contributed by atoms with E-state index in [4.69, 9.17) is 5.11 Å². The molecule has 0 atom stereocenters. The van der Waals surface area contributed by atoms with Crippen LogP contribution in [0, 0.1) is 0 Å². The monoisotopic (exact) mass is 306 g/mol. The summed E-state index contributed by atoms with van der Waals surface area (Å²) in [6, 6.07) is 4.21. The Balaban J connectivity index is 1.74. The van der Waals surface area contributed by atoms with Crippen LogP contribution in [0.2, 0.25) is 0 Å². The number of carbonyl (C=O) groups excluding carboxylic acids is 1. The van der Waals surface area contributed by atoms with Crippen molar-refractivity contribution in [2.75, 3.05) is 0 Å². The second kappa shape index (κ2) is 5.65. The number of aliphatic carboxylic acids is 1. The van der Waals surface area contributed by atoms with Crippen LogP contribution in [0.15, 0.2) is 23.7 Å². The average molecular weight is 306 g/mol. The third kappa shape index (κ3) is 3.27. The SMILES string of the molecule is O=C(O)Cn1cc(C(=O)N(Cc2cccs2)C2CC2)nn1. The van der Waals surface area contributed by atoms with Crippen molar-refractivity contribution in [3.63, 3.8) is 0 Å². The molecule has 1 aliphatic rings. The molecule has 2 aromatic heterocycles. The van der Waals surface area contributed by atoms with Crippen molar-refractivity contribution >= 4 is 23.2 Å². The van der Waals surface area contributed by atoms with Crippen molar-refractivity contribution in [2.24, 2.45) is 0 Å². The predicted molar refractivity (Wildman–Crippen MR) is 74.9 cm³/mol. The fraction of sp³-hybridized carbons (Fsp3) is 0.385. The number of rotatable bonds is 6. The topological polar surface area (TPSA) is 88.3 Å². The molecule has 1 aliphatic carbocycles. The molecule has 0 aliphatic heterocycles. The van der Waals surface area contributed by atoms with Crippen molar-refractivity contribution in [1.82, 2.24) is 19.9 Å². The van der Waals surface area contributed by atoms with E-state index in [9.17, 15) is 9.59 Å². The van der Waals surface area contributed by atoms with Gasteiger partial charge in [0, 0.05) is 10.9 Å². The molecule has 2 heterocycles. The van der Waals surface area contributed by atoms with Crippen LogP contribution < -0.4 is 0 Å². The zero-order valence-electron chi connectivity index (χ0n) is 11.2. The van der Waals surface area contributed by atoms with Gasteiger partial charge in [0.1, 0.15) is 6.54 Å². The van der Waals surface area contributed by atoms with Gasteiger partial charge in [-0.05, 0) is 24.3 Å². The van der Waals surface area contributed by atoms with E-state index in [2.05, 4.69) is 10.3 Å². The van der Waals surface area contributed by atoms with Crippen LogP contribution in [0.4, 0.5) is 0 Å². The minimum absolute atomic E-state index is 0.192. The molecule has 1 N–H and O–H groups in total. The highest BCUT2D eigenvalue weighted by molar-refractivity contribution is 7.09. The normalized spacial score (nSPS) is 14.1. The van der Waals surface area contributed by atoms with Gasteiger partial charge < -0.3 is 10.0 Å². The fourth-order valence-electron chi connectivity index (χ4n) is 2.08. The number of amides is 1. The van der Waals surface area contributed by atoms with Crippen molar-refractivity contribution in [1.29, 1.82) is 0 Å². The maximum atomic E-state index is 12.5. The van der Waals surface area contributed by atoms with Gasteiger partial charge in [-0.2, -0.15) is 0 Å². The molecule has 21 heavy (non-hydrogen) atoms. The summed E-state index contributed by atoms with van der Waals surface area (Å²) in [6.07, 6.45) is 3.39. The van der Waals surface area contributed by atoms with Crippen LogP contribution in [0.1, 0.15) is 28.2 Å². The average Bonchev–Trinajstić information content (AvgIpc) is 2.96.